The molecule has 1 aromatic rings. The second kappa shape index (κ2) is 10.6. The molecule has 1 heterocycles. The number of rotatable bonds is 8. The molecular formula is C20H35N5O2S. The molecule has 0 aromatic carbocycles. The van der Waals surface area contributed by atoms with Gasteiger partial charge in [0, 0.05) is 19.1 Å². The monoisotopic (exact) mass is 409 g/mol. The van der Waals surface area contributed by atoms with Crippen LogP contribution in [0.25, 0.3) is 0 Å². The van der Waals surface area contributed by atoms with Crippen LogP contribution in [0.5, 0.6) is 0 Å². The zero-order valence-corrected chi connectivity index (χ0v) is 18.2. The average molecular weight is 410 g/mol. The summed E-state index contributed by atoms with van der Waals surface area (Å²) in [5.41, 5.74) is 5.66. The second-order valence-electron chi connectivity index (χ2n) is 8.12. The first-order valence-electron chi connectivity index (χ1n) is 10.6. The van der Waals surface area contributed by atoms with Gasteiger partial charge in [-0.2, -0.15) is 0 Å². The number of aromatic nitrogens is 2. The molecule has 1 fully saturated rings. The fraction of sp³-hybridized carbons (Fsp3) is 0.750. The van der Waals surface area contributed by atoms with Crippen LogP contribution in [0.4, 0.5) is 11.5 Å². The molecular weight excluding hydrogens is 374 g/mol. The van der Waals surface area contributed by atoms with Crippen LogP contribution >= 0.6 is 12.2 Å². The van der Waals surface area contributed by atoms with Crippen molar-refractivity contribution in [3.63, 3.8) is 0 Å². The predicted molar refractivity (Wildman–Crippen MR) is 120 cm³/mol. The van der Waals surface area contributed by atoms with E-state index in [1.807, 2.05) is 6.92 Å². The Labute approximate surface area is 172 Å². The van der Waals surface area contributed by atoms with Crippen molar-refractivity contribution in [1.82, 2.24) is 14.9 Å². The molecule has 28 heavy (non-hydrogen) atoms. The first kappa shape index (κ1) is 22.5. The van der Waals surface area contributed by atoms with Crippen LogP contribution in [0.3, 0.4) is 0 Å². The first-order valence-corrected chi connectivity index (χ1v) is 11.0. The van der Waals surface area contributed by atoms with Crippen LogP contribution in [0.2, 0.25) is 0 Å². The van der Waals surface area contributed by atoms with E-state index >= 15 is 0 Å². The van der Waals surface area contributed by atoms with Crippen molar-refractivity contribution in [3.8, 4) is 0 Å². The van der Waals surface area contributed by atoms with E-state index in [9.17, 15) is 9.59 Å². The molecule has 1 aliphatic carbocycles. The Bertz CT molecular complexity index is 765. The zero-order chi connectivity index (χ0) is 20.7. The van der Waals surface area contributed by atoms with Crippen molar-refractivity contribution >= 4 is 28.8 Å². The summed E-state index contributed by atoms with van der Waals surface area (Å²) >= 11 is 5.69. The van der Waals surface area contributed by atoms with Crippen LogP contribution in [-0.2, 0) is 6.54 Å². The summed E-state index contributed by atoms with van der Waals surface area (Å²) in [6.07, 6.45) is 8.41. The Balaban J connectivity index is 2.37. The lowest BCUT2D eigenvalue weighted by molar-refractivity contribution is 0.413. The van der Waals surface area contributed by atoms with Gasteiger partial charge in [0.25, 0.3) is 5.56 Å². The fourth-order valence-corrected chi connectivity index (χ4v) is 3.93. The van der Waals surface area contributed by atoms with Crippen LogP contribution in [0.1, 0.15) is 72.1 Å². The molecule has 0 bridgehead atoms. The minimum Gasteiger partial charge on any atom is -0.383 e. The third kappa shape index (κ3) is 5.83. The van der Waals surface area contributed by atoms with Crippen molar-refractivity contribution < 1.29 is 0 Å². The number of nitrogen functional groups attached to an aromatic ring is 1. The first-order chi connectivity index (χ1) is 13.3. The summed E-state index contributed by atoms with van der Waals surface area (Å²) in [6.45, 7) is 7.37. The molecule has 0 radical (unpaired) electrons. The SMILES string of the molecule is CCCCn1c(N)c(N(CCC(C)C)C(=S)NC2CCCCC2)c(=O)[nH]c1=O. The Kier molecular flexibility index (Phi) is 8.54. The zero-order valence-electron chi connectivity index (χ0n) is 17.4. The van der Waals surface area contributed by atoms with E-state index in [2.05, 4.69) is 24.1 Å². The Hall–Kier alpha value is -1.83. The summed E-state index contributed by atoms with van der Waals surface area (Å²) in [4.78, 5) is 29.2. The summed E-state index contributed by atoms with van der Waals surface area (Å²) < 4.78 is 1.45. The number of nitrogens with two attached hydrogens (primary N) is 1. The lowest BCUT2D eigenvalue weighted by Crippen LogP contribution is -2.49. The second-order valence-corrected chi connectivity index (χ2v) is 8.50. The van der Waals surface area contributed by atoms with Gasteiger partial charge in [0.1, 0.15) is 5.82 Å². The maximum absolute atomic E-state index is 12.7. The van der Waals surface area contributed by atoms with E-state index in [0.29, 0.717) is 30.2 Å². The number of hydrogen-bond donors (Lipinski definition) is 3. The van der Waals surface area contributed by atoms with Crippen LogP contribution in [-0.4, -0.2) is 27.3 Å². The Morgan fingerprint density at radius 3 is 2.61 bits per heavy atom. The largest absolute Gasteiger partial charge is 0.383 e. The van der Waals surface area contributed by atoms with E-state index in [1.165, 1.54) is 23.8 Å². The van der Waals surface area contributed by atoms with E-state index in [4.69, 9.17) is 18.0 Å². The molecule has 0 saturated heterocycles. The van der Waals surface area contributed by atoms with Crippen molar-refractivity contribution in [1.29, 1.82) is 0 Å². The lowest BCUT2D eigenvalue weighted by Gasteiger charge is -2.31. The highest BCUT2D eigenvalue weighted by Crippen LogP contribution is 2.21. The number of nitrogens with one attached hydrogen (secondary N) is 2. The molecule has 7 nitrogen and oxygen atoms in total. The molecule has 1 aromatic heterocycles. The Morgan fingerprint density at radius 1 is 1.32 bits per heavy atom. The van der Waals surface area contributed by atoms with E-state index in [1.54, 1.807) is 4.90 Å². The summed E-state index contributed by atoms with van der Waals surface area (Å²) in [6, 6.07) is 0.328. The van der Waals surface area contributed by atoms with Crippen molar-refractivity contribution in [3.05, 3.63) is 20.8 Å². The predicted octanol–water partition coefficient (Wildman–Crippen LogP) is 2.98. The molecule has 1 aliphatic rings. The van der Waals surface area contributed by atoms with Gasteiger partial charge in [-0.05, 0) is 43.8 Å². The van der Waals surface area contributed by atoms with Gasteiger partial charge < -0.3 is 16.0 Å². The third-order valence-corrected chi connectivity index (χ3v) is 5.67. The molecule has 1 saturated carbocycles. The quantitative estimate of drug-likeness (QED) is 0.571. The molecule has 0 spiro atoms. The molecule has 0 aliphatic heterocycles. The highest BCUT2D eigenvalue weighted by atomic mass is 32.1. The maximum Gasteiger partial charge on any atom is 0.330 e. The van der Waals surface area contributed by atoms with E-state index < -0.39 is 11.2 Å². The highest BCUT2D eigenvalue weighted by molar-refractivity contribution is 7.80. The van der Waals surface area contributed by atoms with Crippen molar-refractivity contribution in [2.24, 2.45) is 5.92 Å². The maximum atomic E-state index is 12.7. The van der Waals surface area contributed by atoms with Crippen molar-refractivity contribution in [2.45, 2.75) is 84.7 Å². The standard InChI is InChI=1S/C20H35N5O2S/c1-4-5-12-25-17(21)16(18(26)23-19(25)27)24(13-11-14(2)3)20(28)22-15-9-7-6-8-10-15/h14-15H,4-13,21H2,1-3H3,(H,22,28)(H,23,26,27). The van der Waals surface area contributed by atoms with Gasteiger partial charge in [-0.15, -0.1) is 0 Å². The third-order valence-electron chi connectivity index (χ3n) is 5.33. The van der Waals surface area contributed by atoms with Gasteiger partial charge in [-0.3, -0.25) is 14.3 Å². The van der Waals surface area contributed by atoms with Gasteiger partial charge in [0.05, 0.1) is 0 Å². The summed E-state index contributed by atoms with van der Waals surface area (Å²) in [5, 5.41) is 3.95. The number of aromatic amines is 1. The smallest absolute Gasteiger partial charge is 0.330 e. The van der Waals surface area contributed by atoms with Gasteiger partial charge in [-0.25, -0.2) is 4.79 Å². The van der Waals surface area contributed by atoms with Crippen LogP contribution < -0.4 is 27.2 Å². The average Bonchev–Trinajstić information content (AvgIpc) is 2.64. The molecule has 0 unspecified atom stereocenters. The summed E-state index contributed by atoms with van der Waals surface area (Å²) in [7, 11) is 0. The molecule has 8 heteroatoms. The lowest BCUT2D eigenvalue weighted by atomic mass is 9.96. The Morgan fingerprint density at radius 2 is 2.00 bits per heavy atom. The van der Waals surface area contributed by atoms with Gasteiger partial charge in [-0.1, -0.05) is 46.5 Å². The number of thiocarbonyl (C=S) groups is 1. The van der Waals surface area contributed by atoms with Crippen LogP contribution in [0, 0.1) is 5.92 Å². The fourth-order valence-electron chi connectivity index (χ4n) is 3.58. The number of nitrogens with zero attached hydrogens (tertiary/aromatic N) is 2. The minimum absolute atomic E-state index is 0.193. The van der Waals surface area contributed by atoms with E-state index in [-0.39, 0.29) is 11.5 Å². The summed E-state index contributed by atoms with van der Waals surface area (Å²) in [5.74, 6) is 0.644. The van der Waals surface area contributed by atoms with Gasteiger partial charge in [0.15, 0.2) is 10.8 Å². The molecule has 158 valence electrons. The number of anilines is 2. The minimum atomic E-state index is -0.480. The number of hydrogen-bond acceptors (Lipinski definition) is 4. The molecule has 0 amide bonds. The van der Waals surface area contributed by atoms with Crippen LogP contribution in [0.15, 0.2) is 9.59 Å². The normalized spacial score (nSPS) is 15.0. The van der Waals surface area contributed by atoms with Gasteiger partial charge >= 0.3 is 5.69 Å². The molecule has 0 atom stereocenters. The van der Waals surface area contributed by atoms with E-state index in [0.717, 1.165) is 32.1 Å². The molecule has 4 N–H and O–H groups in total. The molecule has 2 rings (SSSR count). The number of unbranched alkanes of at least 4 members (excludes halogenated alkanes) is 1. The highest BCUT2D eigenvalue weighted by Gasteiger charge is 2.24. The topological polar surface area (TPSA) is 96.2 Å². The number of H-pyrrole nitrogens is 1. The van der Waals surface area contributed by atoms with Gasteiger partial charge in [0.2, 0.25) is 0 Å². The van der Waals surface area contributed by atoms with Crippen molar-refractivity contribution in [2.75, 3.05) is 17.2 Å².